The fourth-order valence-electron chi connectivity index (χ4n) is 2.29. The summed E-state index contributed by atoms with van der Waals surface area (Å²) in [6, 6.07) is 14.0. The summed E-state index contributed by atoms with van der Waals surface area (Å²) < 4.78 is 5.80. The number of carbonyl (C=O) groups excluding carboxylic acids is 3. The Morgan fingerprint density at radius 1 is 0.926 bits per heavy atom. The van der Waals surface area contributed by atoms with E-state index >= 15 is 0 Å². The Kier molecular flexibility index (Phi) is 6.91. The van der Waals surface area contributed by atoms with Crippen LogP contribution in [0.25, 0.3) is 0 Å². The number of carbonyl (C=O) groups is 3. The first kappa shape index (κ1) is 20.8. The zero-order chi connectivity index (χ0) is 20.0. The molecule has 0 aliphatic heterocycles. The molecule has 142 valence electrons. The summed E-state index contributed by atoms with van der Waals surface area (Å²) in [7, 11) is 0. The number of benzene rings is 2. The molecular formula is C21H22BrNO4. The summed E-state index contributed by atoms with van der Waals surface area (Å²) >= 11 is 3.29. The third kappa shape index (κ3) is 6.32. The fraction of sp³-hybridized carbons (Fsp3) is 0.286. The Morgan fingerprint density at radius 2 is 1.48 bits per heavy atom. The summed E-state index contributed by atoms with van der Waals surface area (Å²) in [5.41, 5.74) is 2.03. The SMILES string of the molecule is CC(C)(C)c1ccc(C(=O)COC(=O)CNC(=O)c2ccc(Br)cc2)cc1. The van der Waals surface area contributed by atoms with Gasteiger partial charge < -0.3 is 10.1 Å². The molecule has 2 rings (SSSR count). The van der Waals surface area contributed by atoms with Crippen molar-refractivity contribution in [1.29, 1.82) is 0 Å². The molecule has 0 bridgehead atoms. The predicted octanol–water partition coefficient (Wildman–Crippen LogP) is 3.90. The van der Waals surface area contributed by atoms with Gasteiger partial charge >= 0.3 is 5.97 Å². The molecule has 27 heavy (non-hydrogen) atoms. The van der Waals surface area contributed by atoms with Gasteiger partial charge in [0.25, 0.3) is 5.91 Å². The molecule has 0 aromatic heterocycles. The van der Waals surface area contributed by atoms with Crippen molar-refractivity contribution < 1.29 is 19.1 Å². The lowest BCUT2D eigenvalue weighted by molar-refractivity contribution is -0.141. The van der Waals surface area contributed by atoms with Crippen molar-refractivity contribution in [2.24, 2.45) is 0 Å². The molecule has 6 heteroatoms. The van der Waals surface area contributed by atoms with Gasteiger partial charge in [-0.25, -0.2) is 0 Å². The number of esters is 1. The van der Waals surface area contributed by atoms with E-state index in [0.717, 1.165) is 10.0 Å². The number of ether oxygens (including phenoxy) is 1. The van der Waals surface area contributed by atoms with Crippen LogP contribution < -0.4 is 5.32 Å². The van der Waals surface area contributed by atoms with Crippen LogP contribution in [-0.2, 0) is 14.9 Å². The summed E-state index contributed by atoms with van der Waals surface area (Å²) in [6.45, 7) is 5.61. The third-order valence-electron chi connectivity index (χ3n) is 3.94. The van der Waals surface area contributed by atoms with Crippen molar-refractivity contribution in [2.45, 2.75) is 26.2 Å². The largest absolute Gasteiger partial charge is 0.456 e. The van der Waals surface area contributed by atoms with Crippen molar-refractivity contribution >= 4 is 33.6 Å². The minimum atomic E-state index is -0.667. The van der Waals surface area contributed by atoms with Crippen LogP contribution in [0.1, 0.15) is 47.1 Å². The van der Waals surface area contributed by atoms with E-state index in [1.54, 1.807) is 36.4 Å². The Morgan fingerprint density at radius 3 is 2.04 bits per heavy atom. The van der Waals surface area contributed by atoms with E-state index in [1.165, 1.54) is 0 Å². The van der Waals surface area contributed by atoms with Gasteiger partial charge in [0.05, 0.1) is 0 Å². The van der Waals surface area contributed by atoms with Gasteiger partial charge in [-0.05, 0) is 35.2 Å². The second kappa shape index (κ2) is 8.95. The molecule has 5 nitrogen and oxygen atoms in total. The Labute approximate surface area is 167 Å². The highest BCUT2D eigenvalue weighted by atomic mass is 79.9. The van der Waals surface area contributed by atoms with Gasteiger partial charge in [0.15, 0.2) is 12.4 Å². The first-order valence-corrected chi connectivity index (χ1v) is 9.29. The second-order valence-corrected chi connectivity index (χ2v) is 8.02. The lowest BCUT2D eigenvalue weighted by Gasteiger charge is -2.18. The zero-order valence-electron chi connectivity index (χ0n) is 15.5. The minimum Gasteiger partial charge on any atom is -0.456 e. The molecule has 0 radical (unpaired) electrons. The van der Waals surface area contributed by atoms with Crippen LogP contribution in [0.2, 0.25) is 0 Å². The zero-order valence-corrected chi connectivity index (χ0v) is 17.1. The standard InChI is InChI=1S/C21H22BrNO4/c1-21(2,3)16-8-4-14(5-9-16)18(24)13-27-19(25)12-23-20(26)15-6-10-17(22)11-7-15/h4-11H,12-13H2,1-3H3,(H,23,26). The molecule has 0 aliphatic carbocycles. The maximum atomic E-state index is 12.1. The highest BCUT2D eigenvalue weighted by Crippen LogP contribution is 2.22. The first-order chi connectivity index (χ1) is 12.7. The molecule has 2 aromatic rings. The average molecular weight is 432 g/mol. The molecular weight excluding hydrogens is 410 g/mol. The Hall–Kier alpha value is -2.47. The van der Waals surface area contributed by atoms with E-state index in [1.807, 2.05) is 12.1 Å². The minimum absolute atomic E-state index is 0.00108. The van der Waals surface area contributed by atoms with Gasteiger partial charge in [-0.2, -0.15) is 0 Å². The van der Waals surface area contributed by atoms with Crippen molar-refractivity contribution in [1.82, 2.24) is 5.32 Å². The monoisotopic (exact) mass is 431 g/mol. The maximum absolute atomic E-state index is 12.1. The average Bonchev–Trinajstić information content (AvgIpc) is 2.64. The van der Waals surface area contributed by atoms with E-state index in [-0.39, 0.29) is 30.3 Å². The second-order valence-electron chi connectivity index (χ2n) is 7.10. The van der Waals surface area contributed by atoms with Crippen LogP contribution in [0.3, 0.4) is 0 Å². The van der Waals surface area contributed by atoms with Gasteiger partial charge in [-0.1, -0.05) is 61.0 Å². The number of hydrogen-bond donors (Lipinski definition) is 1. The molecule has 0 heterocycles. The number of nitrogens with one attached hydrogen (secondary N) is 1. The van der Waals surface area contributed by atoms with Gasteiger partial charge in [-0.15, -0.1) is 0 Å². The predicted molar refractivity (Wildman–Crippen MR) is 107 cm³/mol. The van der Waals surface area contributed by atoms with Crippen molar-refractivity contribution in [3.63, 3.8) is 0 Å². The molecule has 1 N–H and O–H groups in total. The van der Waals surface area contributed by atoms with Crippen molar-refractivity contribution in [3.05, 3.63) is 69.7 Å². The number of hydrogen-bond acceptors (Lipinski definition) is 4. The van der Waals surface area contributed by atoms with E-state index in [4.69, 9.17) is 4.74 Å². The van der Waals surface area contributed by atoms with Crippen LogP contribution in [0, 0.1) is 0 Å². The van der Waals surface area contributed by atoms with E-state index in [0.29, 0.717) is 11.1 Å². The van der Waals surface area contributed by atoms with Crippen LogP contribution >= 0.6 is 15.9 Å². The van der Waals surface area contributed by atoms with Crippen molar-refractivity contribution in [3.8, 4) is 0 Å². The number of Topliss-reactive ketones (excluding diaryl/α,β-unsaturated/α-hetero) is 1. The van der Waals surface area contributed by atoms with Crippen LogP contribution in [-0.4, -0.2) is 30.8 Å². The van der Waals surface area contributed by atoms with E-state index in [9.17, 15) is 14.4 Å². The molecule has 0 unspecified atom stereocenters. The number of rotatable bonds is 6. The van der Waals surface area contributed by atoms with Crippen LogP contribution in [0.4, 0.5) is 0 Å². The molecule has 0 spiro atoms. The maximum Gasteiger partial charge on any atom is 0.325 e. The normalized spacial score (nSPS) is 11.0. The van der Waals surface area contributed by atoms with Gasteiger partial charge in [-0.3, -0.25) is 14.4 Å². The molecule has 1 amide bonds. The quantitative estimate of drug-likeness (QED) is 0.555. The summed E-state index contributed by atoms with van der Waals surface area (Å²) in [4.78, 5) is 35.8. The summed E-state index contributed by atoms with van der Waals surface area (Å²) in [5, 5.41) is 2.47. The summed E-state index contributed by atoms with van der Waals surface area (Å²) in [6.07, 6.45) is 0. The lowest BCUT2D eigenvalue weighted by atomic mass is 9.86. The number of ketones is 1. The molecule has 0 saturated carbocycles. The smallest absolute Gasteiger partial charge is 0.325 e. The molecule has 0 atom stereocenters. The van der Waals surface area contributed by atoms with Gasteiger partial charge in [0.2, 0.25) is 0 Å². The number of halogens is 1. The van der Waals surface area contributed by atoms with E-state index in [2.05, 4.69) is 42.0 Å². The summed E-state index contributed by atoms with van der Waals surface area (Å²) in [5.74, 6) is -1.34. The lowest BCUT2D eigenvalue weighted by Crippen LogP contribution is -2.31. The Balaban J connectivity index is 1.80. The van der Waals surface area contributed by atoms with E-state index < -0.39 is 5.97 Å². The fourth-order valence-corrected chi connectivity index (χ4v) is 2.56. The molecule has 2 aromatic carbocycles. The van der Waals surface area contributed by atoms with Crippen molar-refractivity contribution in [2.75, 3.05) is 13.2 Å². The first-order valence-electron chi connectivity index (χ1n) is 8.50. The number of amides is 1. The van der Waals surface area contributed by atoms with Crippen LogP contribution in [0.15, 0.2) is 53.0 Å². The third-order valence-corrected chi connectivity index (χ3v) is 4.47. The molecule has 0 aliphatic rings. The highest BCUT2D eigenvalue weighted by molar-refractivity contribution is 9.10. The highest BCUT2D eigenvalue weighted by Gasteiger charge is 2.15. The van der Waals surface area contributed by atoms with Gasteiger partial charge in [0, 0.05) is 15.6 Å². The van der Waals surface area contributed by atoms with Gasteiger partial charge in [0.1, 0.15) is 6.54 Å². The molecule has 0 saturated heterocycles. The topological polar surface area (TPSA) is 72.5 Å². The Bertz CT molecular complexity index is 821. The molecule has 0 fully saturated rings. The van der Waals surface area contributed by atoms with Crippen LogP contribution in [0.5, 0.6) is 0 Å².